The molecule has 37 heavy (non-hydrogen) atoms. The molecule has 0 unspecified atom stereocenters. The minimum atomic E-state index is -3.88. The van der Waals surface area contributed by atoms with Crippen LogP contribution in [0.5, 0.6) is 5.75 Å². The Morgan fingerprint density at radius 1 is 1.11 bits per heavy atom. The van der Waals surface area contributed by atoms with E-state index in [-0.39, 0.29) is 23.3 Å². The summed E-state index contributed by atoms with van der Waals surface area (Å²) < 4.78 is 34.7. The maximum atomic E-state index is 13.2. The van der Waals surface area contributed by atoms with Crippen molar-refractivity contribution in [3.8, 4) is 17.0 Å². The summed E-state index contributed by atoms with van der Waals surface area (Å²) in [5.41, 5.74) is 4.07. The number of aryl methyl sites for hydroxylation is 2. The molecule has 0 radical (unpaired) electrons. The van der Waals surface area contributed by atoms with E-state index in [9.17, 15) is 18.0 Å². The number of methoxy groups -OCH3 is 1. The van der Waals surface area contributed by atoms with Gasteiger partial charge in [-0.3, -0.25) is 14.3 Å². The Kier molecular flexibility index (Phi) is 6.74. The van der Waals surface area contributed by atoms with Gasteiger partial charge >= 0.3 is 0 Å². The highest BCUT2D eigenvalue weighted by molar-refractivity contribution is 7.89. The molecule has 2 aliphatic rings. The van der Waals surface area contributed by atoms with Crippen LogP contribution in [0.3, 0.4) is 0 Å². The molecular weight excluding hydrogens is 494 g/mol. The Morgan fingerprint density at radius 3 is 2.65 bits per heavy atom. The number of hydrogen-bond acceptors (Lipinski definition) is 6. The number of ether oxygens (including phenoxy) is 1. The average Bonchev–Trinajstić information content (AvgIpc) is 3.19. The smallest absolute Gasteiger partial charge is 0.243 e. The molecule has 2 amide bonds. The zero-order chi connectivity index (χ0) is 26.2. The first kappa shape index (κ1) is 25.0. The zero-order valence-corrected chi connectivity index (χ0v) is 21.6. The van der Waals surface area contributed by atoms with Crippen LogP contribution in [-0.4, -0.2) is 66.5 Å². The number of nitrogens with zero attached hydrogens (tertiary/aromatic N) is 4. The van der Waals surface area contributed by atoms with Gasteiger partial charge in [-0.15, -0.1) is 0 Å². The predicted molar refractivity (Wildman–Crippen MR) is 137 cm³/mol. The lowest BCUT2D eigenvalue weighted by Crippen LogP contribution is -2.41. The number of sulfonamides is 1. The van der Waals surface area contributed by atoms with E-state index < -0.39 is 10.0 Å². The Bertz CT molecular complexity index is 1450. The highest BCUT2D eigenvalue weighted by Crippen LogP contribution is 2.27. The Labute approximate surface area is 215 Å². The number of carbonyl (C=O) groups is 2. The van der Waals surface area contributed by atoms with E-state index >= 15 is 0 Å². The molecule has 3 heterocycles. The van der Waals surface area contributed by atoms with E-state index in [4.69, 9.17) is 9.84 Å². The number of rotatable bonds is 6. The summed E-state index contributed by atoms with van der Waals surface area (Å²) in [4.78, 5) is 26.6. The summed E-state index contributed by atoms with van der Waals surface area (Å²) in [6.07, 6.45) is 1.51. The third kappa shape index (κ3) is 5.09. The molecule has 0 spiro atoms. The molecular formula is C26H29N5O5S. The first-order valence-corrected chi connectivity index (χ1v) is 13.6. The van der Waals surface area contributed by atoms with Crippen LogP contribution in [0.25, 0.3) is 11.3 Å². The normalized spacial score (nSPS) is 15.5. The number of benzene rings is 2. The van der Waals surface area contributed by atoms with Gasteiger partial charge in [0.1, 0.15) is 5.75 Å². The average molecular weight is 524 g/mol. The van der Waals surface area contributed by atoms with Crippen molar-refractivity contribution < 1.29 is 22.7 Å². The highest BCUT2D eigenvalue weighted by Gasteiger charge is 2.28. The van der Waals surface area contributed by atoms with Crippen LogP contribution in [0.15, 0.2) is 53.4 Å². The Morgan fingerprint density at radius 2 is 1.89 bits per heavy atom. The van der Waals surface area contributed by atoms with Crippen molar-refractivity contribution in [2.75, 3.05) is 32.6 Å². The van der Waals surface area contributed by atoms with Crippen LogP contribution < -0.4 is 10.1 Å². The number of hydrogen-bond donors (Lipinski definition) is 1. The van der Waals surface area contributed by atoms with E-state index in [1.54, 1.807) is 24.1 Å². The minimum absolute atomic E-state index is 0.0827. The van der Waals surface area contributed by atoms with Gasteiger partial charge < -0.3 is 15.0 Å². The van der Waals surface area contributed by atoms with Crippen LogP contribution in [0.2, 0.25) is 0 Å². The molecule has 0 fully saturated rings. The predicted octanol–water partition coefficient (Wildman–Crippen LogP) is 2.50. The van der Waals surface area contributed by atoms with Gasteiger partial charge in [0.05, 0.1) is 36.5 Å². The number of likely N-dealkylation sites (N-methyl/N-ethyl adjacent to an activating group) is 1. The molecule has 194 valence electrons. The lowest BCUT2D eigenvalue weighted by Gasteiger charge is -2.24. The number of nitrogens with one attached hydrogen (secondary N) is 1. The van der Waals surface area contributed by atoms with Crippen molar-refractivity contribution >= 4 is 27.5 Å². The van der Waals surface area contributed by atoms with Crippen molar-refractivity contribution in [3.63, 3.8) is 0 Å². The molecule has 1 aromatic heterocycles. The lowest BCUT2D eigenvalue weighted by molar-refractivity contribution is -0.131. The highest BCUT2D eigenvalue weighted by atomic mass is 32.2. The second-order valence-corrected chi connectivity index (χ2v) is 11.3. The van der Waals surface area contributed by atoms with Crippen LogP contribution >= 0.6 is 0 Å². The molecule has 5 rings (SSSR count). The van der Waals surface area contributed by atoms with Crippen molar-refractivity contribution in [2.45, 2.75) is 37.2 Å². The molecule has 0 aliphatic carbocycles. The molecule has 2 aromatic carbocycles. The van der Waals surface area contributed by atoms with Crippen molar-refractivity contribution in [2.24, 2.45) is 0 Å². The van der Waals surface area contributed by atoms with Gasteiger partial charge in [-0.25, -0.2) is 8.42 Å². The van der Waals surface area contributed by atoms with Gasteiger partial charge in [-0.2, -0.15) is 9.40 Å². The number of anilines is 1. The quantitative estimate of drug-likeness (QED) is 0.531. The second-order valence-electron chi connectivity index (χ2n) is 9.27. The standard InChI is InChI=1S/C26H29N5O5S/c1-29(37(34,35)22-9-10-23-19(14-22)6-11-25(32)27-23)17-26(33)30-12-3-13-31-20(16-30)15-24(28-31)18-4-7-21(36-2)8-5-18/h4-5,7-10,14-15H,3,6,11-13,16-17H2,1-2H3,(H,27,32). The fourth-order valence-corrected chi connectivity index (χ4v) is 5.83. The van der Waals surface area contributed by atoms with Crippen LogP contribution in [0.4, 0.5) is 5.69 Å². The van der Waals surface area contributed by atoms with Crippen molar-refractivity contribution in [3.05, 3.63) is 59.8 Å². The summed E-state index contributed by atoms with van der Waals surface area (Å²) in [7, 11) is -0.846. The van der Waals surface area contributed by atoms with Gasteiger partial charge in [0, 0.05) is 37.8 Å². The Balaban J connectivity index is 1.28. The molecule has 0 saturated carbocycles. The summed E-state index contributed by atoms with van der Waals surface area (Å²) in [6, 6.07) is 14.3. The largest absolute Gasteiger partial charge is 0.497 e. The van der Waals surface area contributed by atoms with Gasteiger partial charge in [-0.05, 0) is 66.9 Å². The molecule has 0 atom stereocenters. The van der Waals surface area contributed by atoms with E-state index in [0.29, 0.717) is 38.2 Å². The maximum Gasteiger partial charge on any atom is 0.243 e. The van der Waals surface area contributed by atoms with E-state index in [1.807, 2.05) is 35.0 Å². The fourth-order valence-electron chi connectivity index (χ4n) is 4.65. The fraction of sp³-hybridized carbons (Fsp3) is 0.346. The molecule has 10 nitrogen and oxygen atoms in total. The molecule has 2 aliphatic heterocycles. The van der Waals surface area contributed by atoms with Gasteiger partial charge in [0.25, 0.3) is 0 Å². The van der Waals surface area contributed by atoms with Crippen LogP contribution in [0.1, 0.15) is 24.1 Å². The Hall–Kier alpha value is -3.70. The molecule has 0 bridgehead atoms. The first-order valence-electron chi connectivity index (χ1n) is 12.1. The third-order valence-electron chi connectivity index (χ3n) is 6.79. The zero-order valence-electron chi connectivity index (χ0n) is 20.8. The topological polar surface area (TPSA) is 114 Å². The summed E-state index contributed by atoms with van der Waals surface area (Å²) in [5, 5.41) is 7.47. The minimum Gasteiger partial charge on any atom is -0.497 e. The molecule has 0 saturated heterocycles. The van der Waals surface area contributed by atoms with Crippen molar-refractivity contribution in [1.82, 2.24) is 19.0 Å². The van der Waals surface area contributed by atoms with Gasteiger partial charge in [0.15, 0.2) is 0 Å². The maximum absolute atomic E-state index is 13.2. The number of amides is 2. The number of aromatic nitrogens is 2. The monoisotopic (exact) mass is 523 g/mol. The van der Waals surface area contributed by atoms with E-state index in [1.165, 1.54) is 13.1 Å². The molecule has 1 N–H and O–H groups in total. The lowest BCUT2D eigenvalue weighted by atomic mass is 10.0. The van der Waals surface area contributed by atoms with Crippen LogP contribution in [-0.2, 0) is 39.1 Å². The second kappa shape index (κ2) is 9.98. The van der Waals surface area contributed by atoms with Gasteiger partial charge in [-0.1, -0.05) is 0 Å². The summed E-state index contributed by atoms with van der Waals surface area (Å²) in [6.45, 7) is 1.28. The van der Waals surface area contributed by atoms with E-state index in [2.05, 4.69) is 5.32 Å². The van der Waals surface area contributed by atoms with E-state index in [0.717, 1.165) is 39.0 Å². The molecule has 11 heteroatoms. The van der Waals surface area contributed by atoms with Crippen LogP contribution in [0, 0.1) is 0 Å². The summed E-state index contributed by atoms with van der Waals surface area (Å²) in [5.74, 6) is 0.417. The number of fused-ring (bicyclic) bond motifs is 2. The van der Waals surface area contributed by atoms with Crippen molar-refractivity contribution in [1.29, 1.82) is 0 Å². The van der Waals surface area contributed by atoms with Gasteiger partial charge in [0.2, 0.25) is 21.8 Å². The third-order valence-corrected chi connectivity index (χ3v) is 8.59. The number of carbonyl (C=O) groups excluding carboxylic acids is 2. The summed E-state index contributed by atoms with van der Waals surface area (Å²) >= 11 is 0. The first-order chi connectivity index (χ1) is 17.7. The SMILES string of the molecule is COc1ccc(-c2cc3n(n2)CCCN(C(=O)CN(C)S(=O)(=O)c2ccc4c(c2)CCC(=O)N4)C3)cc1. The molecule has 3 aromatic rings.